The summed E-state index contributed by atoms with van der Waals surface area (Å²) in [5, 5.41) is 12.4. The third kappa shape index (κ3) is 4.20. The number of hydrogen-bond acceptors (Lipinski definition) is 6. The highest BCUT2D eigenvalue weighted by atomic mass is 32.2. The zero-order valence-corrected chi connectivity index (χ0v) is 14.5. The minimum atomic E-state index is -0.234. The molecule has 1 heterocycles. The van der Waals surface area contributed by atoms with E-state index in [4.69, 9.17) is 4.74 Å². The van der Waals surface area contributed by atoms with Crippen LogP contribution in [-0.4, -0.2) is 29.5 Å². The monoisotopic (exact) mass is 337 g/mol. The molecule has 2 aromatic rings. The molecule has 0 aliphatic carbocycles. The Bertz CT molecular complexity index is 643. The quantitative estimate of drug-likeness (QED) is 0.777. The fourth-order valence-electron chi connectivity index (χ4n) is 1.88. The van der Waals surface area contributed by atoms with Crippen LogP contribution in [0.25, 0.3) is 0 Å². The normalized spacial score (nSPS) is 10.5. The summed E-state index contributed by atoms with van der Waals surface area (Å²) in [5.74, 6) is 0.322. The van der Waals surface area contributed by atoms with Gasteiger partial charge in [0.2, 0.25) is 5.13 Å². The largest absolute Gasteiger partial charge is 0.496 e. The van der Waals surface area contributed by atoms with Crippen LogP contribution in [0.1, 0.15) is 35.1 Å². The van der Waals surface area contributed by atoms with Crippen molar-refractivity contribution in [3.8, 4) is 5.75 Å². The summed E-state index contributed by atoms with van der Waals surface area (Å²) in [5.41, 5.74) is 0.491. The third-order valence-corrected chi connectivity index (χ3v) is 4.71. The van der Waals surface area contributed by atoms with Crippen LogP contribution < -0.4 is 10.1 Å². The molecule has 0 radical (unpaired) electrons. The van der Waals surface area contributed by atoms with E-state index in [1.54, 1.807) is 24.9 Å². The van der Waals surface area contributed by atoms with Gasteiger partial charge < -0.3 is 4.74 Å². The molecule has 0 unspecified atom stereocenters. The fraction of sp³-hybridized carbons (Fsp3) is 0.400. The first kappa shape index (κ1) is 16.8. The molecule has 2 rings (SSSR count). The number of nitrogens with zero attached hydrogens (tertiary/aromatic N) is 2. The summed E-state index contributed by atoms with van der Waals surface area (Å²) in [7, 11) is 1.56. The number of rotatable bonds is 7. The van der Waals surface area contributed by atoms with Crippen LogP contribution in [-0.2, 0) is 6.42 Å². The zero-order chi connectivity index (χ0) is 15.9. The van der Waals surface area contributed by atoms with Crippen molar-refractivity contribution in [1.82, 2.24) is 10.2 Å². The smallest absolute Gasteiger partial charge is 0.261 e. The molecule has 0 aliphatic heterocycles. The Hall–Kier alpha value is -1.60. The molecule has 0 saturated heterocycles. The Morgan fingerprint density at radius 2 is 2.23 bits per heavy atom. The SMILES string of the molecule is CCCCc1nnc(NC(=O)c2ccc(SC)cc2OC)s1. The van der Waals surface area contributed by atoms with Gasteiger partial charge in [-0.2, -0.15) is 0 Å². The highest BCUT2D eigenvalue weighted by Gasteiger charge is 2.15. The molecular formula is C15H19N3O2S2. The number of ether oxygens (including phenoxy) is 1. The molecule has 22 heavy (non-hydrogen) atoms. The molecular weight excluding hydrogens is 318 g/mol. The highest BCUT2D eigenvalue weighted by Crippen LogP contribution is 2.26. The number of anilines is 1. The van der Waals surface area contributed by atoms with Crippen LogP contribution in [0.15, 0.2) is 23.1 Å². The number of nitrogens with one attached hydrogen (secondary N) is 1. The molecule has 1 N–H and O–H groups in total. The predicted molar refractivity (Wildman–Crippen MR) is 91.2 cm³/mol. The standard InChI is InChI=1S/C15H19N3O2S2/c1-4-5-6-13-17-18-15(22-13)16-14(19)11-8-7-10(21-3)9-12(11)20-2/h7-9H,4-6H2,1-3H3,(H,16,18,19). The number of aryl methyl sites for hydroxylation is 1. The maximum absolute atomic E-state index is 12.4. The van der Waals surface area contributed by atoms with Crippen LogP contribution >= 0.6 is 23.1 Å². The minimum absolute atomic E-state index is 0.234. The number of unbranched alkanes of at least 4 members (excludes halogenated alkanes) is 1. The summed E-state index contributed by atoms with van der Waals surface area (Å²) in [4.78, 5) is 13.4. The van der Waals surface area contributed by atoms with Crippen LogP contribution in [0.2, 0.25) is 0 Å². The number of thioether (sulfide) groups is 1. The Morgan fingerprint density at radius 1 is 1.41 bits per heavy atom. The lowest BCUT2D eigenvalue weighted by atomic mass is 10.2. The maximum Gasteiger partial charge on any atom is 0.261 e. The Balaban J connectivity index is 2.10. The number of carbonyl (C=O) groups is 1. The van der Waals surface area contributed by atoms with E-state index in [2.05, 4.69) is 22.4 Å². The Labute approximate surface area is 138 Å². The first-order valence-corrected chi connectivity index (χ1v) is 9.07. The van der Waals surface area contributed by atoms with E-state index in [-0.39, 0.29) is 5.91 Å². The van der Waals surface area contributed by atoms with Gasteiger partial charge in [-0.25, -0.2) is 0 Å². The molecule has 1 amide bonds. The van der Waals surface area contributed by atoms with Gasteiger partial charge in [0, 0.05) is 11.3 Å². The lowest BCUT2D eigenvalue weighted by Crippen LogP contribution is -2.13. The Kier molecular flexibility index (Phi) is 6.21. The van der Waals surface area contributed by atoms with E-state index in [1.165, 1.54) is 11.3 Å². The number of benzene rings is 1. The summed E-state index contributed by atoms with van der Waals surface area (Å²) < 4.78 is 5.30. The molecule has 7 heteroatoms. The second-order valence-corrected chi connectivity index (χ2v) is 6.57. The molecule has 0 atom stereocenters. The van der Waals surface area contributed by atoms with Crippen molar-refractivity contribution in [2.24, 2.45) is 0 Å². The van der Waals surface area contributed by atoms with Gasteiger partial charge in [-0.1, -0.05) is 24.7 Å². The second-order valence-electron chi connectivity index (χ2n) is 4.62. The summed E-state index contributed by atoms with van der Waals surface area (Å²) in [6.45, 7) is 2.13. The van der Waals surface area contributed by atoms with Crippen molar-refractivity contribution >= 4 is 34.1 Å². The molecule has 0 spiro atoms. The number of carbonyl (C=O) groups excluding carboxylic acids is 1. The van der Waals surface area contributed by atoms with Crippen LogP contribution in [0.4, 0.5) is 5.13 Å². The fourth-order valence-corrected chi connectivity index (χ4v) is 3.09. The van der Waals surface area contributed by atoms with Crippen molar-refractivity contribution in [3.63, 3.8) is 0 Å². The van der Waals surface area contributed by atoms with E-state index in [0.29, 0.717) is 16.4 Å². The number of aromatic nitrogens is 2. The number of methoxy groups -OCH3 is 1. The van der Waals surface area contributed by atoms with Gasteiger partial charge >= 0.3 is 0 Å². The minimum Gasteiger partial charge on any atom is -0.496 e. The average Bonchev–Trinajstić information content (AvgIpc) is 2.99. The summed E-state index contributed by atoms with van der Waals surface area (Å²) in [6.07, 6.45) is 5.07. The van der Waals surface area contributed by atoms with Gasteiger partial charge in [0.1, 0.15) is 10.8 Å². The highest BCUT2D eigenvalue weighted by molar-refractivity contribution is 7.98. The molecule has 0 saturated carbocycles. The third-order valence-electron chi connectivity index (χ3n) is 3.08. The molecule has 5 nitrogen and oxygen atoms in total. The van der Waals surface area contributed by atoms with Gasteiger partial charge in [0.25, 0.3) is 5.91 Å². The van der Waals surface area contributed by atoms with Crippen LogP contribution in [0.5, 0.6) is 5.75 Å². The maximum atomic E-state index is 12.4. The van der Waals surface area contributed by atoms with Crippen molar-refractivity contribution < 1.29 is 9.53 Å². The zero-order valence-electron chi connectivity index (χ0n) is 12.9. The van der Waals surface area contributed by atoms with Crippen molar-refractivity contribution in [1.29, 1.82) is 0 Å². The van der Waals surface area contributed by atoms with Crippen LogP contribution in [0, 0.1) is 0 Å². The van der Waals surface area contributed by atoms with Gasteiger partial charge in [-0.05, 0) is 30.9 Å². The van der Waals surface area contributed by atoms with E-state index >= 15 is 0 Å². The molecule has 0 bridgehead atoms. The van der Waals surface area contributed by atoms with E-state index in [9.17, 15) is 4.79 Å². The molecule has 0 aliphatic rings. The first-order chi connectivity index (χ1) is 10.7. The van der Waals surface area contributed by atoms with E-state index in [0.717, 1.165) is 29.2 Å². The predicted octanol–water partition coefficient (Wildman–Crippen LogP) is 3.86. The molecule has 1 aromatic heterocycles. The average molecular weight is 337 g/mol. The van der Waals surface area contributed by atoms with Crippen molar-refractivity contribution in [2.45, 2.75) is 31.1 Å². The van der Waals surface area contributed by atoms with Crippen LogP contribution in [0.3, 0.4) is 0 Å². The number of hydrogen-bond donors (Lipinski definition) is 1. The topological polar surface area (TPSA) is 64.1 Å². The van der Waals surface area contributed by atoms with Gasteiger partial charge in [-0.15, -0.1) is 22.0 Å². The van der Waals surface area contributed by atoms with E-state index < -0.39 is 0 Å². The molecule has 0 fully saturated rings. The van der Waals surface area contributed by atoms with Gasteiger partial charge in [0.15, 0.2) is 0 Å². The first-order valence-electron chi connectivity index (χ1n) is 7.03. The summed E-state index contributed by atoms with van der Waals surface area (Å²) in [6, 6.07) is 5.51. The van der Waals surface area contributed by atoms with E-state index in [1.807, 2.05) is 18.4 Å². The summed E-state index contributed by atoms with van der Waals surface area (Å²) >= 11 is 3.02. The molecule has 1 aromatic carbocycles. The van der Waals surface area contributed by atoms with Crippen molar-refractivity contribution in [3.05, 3.63) is 28.8 Å². The van der Waals surface area contributed by atoms with Gasteiger partial charge in [0.05, 0.1) is 12.7 Å². The lowest BCUT2D eigenvalue weighted by Gasteiger charge is -2.09. The Morgan fingerprint density at radius 3 is 2.91 bits per heavy atom. The second kappa shape index (κ2) is 8.14. The number of amides is 1. The molecule has 118 valence electrons. The lowest BCUT2D eigenvalue weighted by molar-refractivity contribution is 0.102. The van der Waals surface area contributed by atoms with Crippen molar-refractivity contribution in [2.75, 3.05) is 18.7 Å². The van der Waals surface area contributed by atoms with Gasteiger partial charge in [-0.3, -0.25) is 10.1 Å².